The van der Waals surface area contributed by atoms with E-state index in [2.05, 4.69) is 5.10 Å². The lowest BCUT2D eigenvalue weighted by Crippen LogP contribution is -2.49. The fourth-order valence-electron chi connectivity index (χ4n) is 3.61. The number of ketones is 1. The van der Waals surface area contributed by atoms with Crippen molar-refractivity contribution in [2.24, 2.45) is 5.10 Å². The molecule has 2 aliphatic heterocycles. The van der Waals surface area contributed by atoms with Crippen molar-refractivity contribution in [1.82, 2.24) is 0 Å². The van der Waals surface area contributed by atoms with Crippen LogP contribution in [0.3, 0.4) is 0 Å². The second-order valence-corrected chi connectivity index (χ2v) is 9.63. The number of hydrogen-bond acceptors (Lipinski definition) is 9. The predicted octanol–water partition coefficient (Wildman–Crippen LogP) is 4.81. The zero-order valence-electron chi connectivity index (χ0n) is 18.2. The predicted molar refractivity (Wildman–Crippen MR) is 130 cm³/mol. The van der Waals surface area contributed by atoms with Crippen molar-refractivity contribution in [1.29, 1.82) is 0 Å². The first kappa shape index (κ1) is 22.3. The minimum absolute atomic E-state index is 0.0407. The molecule has 0 radical (unpaired) electrons. The molecule has 2 aromatic rings. The lowest BCUT2D eigenvalue weighted by atomic mass is 10.2. The van der Waals surface area contributed by atoms with Crippen molar-refractivity contribution < 1.29 is 19.1 Å². The van der Waals surface area contributed by atoms with Crippen LogP contribution in [-0.2, 0) is 14.3 Å². The third-order valence-corrected chi connectivity index (χ3v) is 7.92. The second-order valence-electron chi connectivity index (χ2n) is 7.03. The van der Waals surface area contributed by atoms with E-state index >= 15 is 0 Å². The number of anilines is 2. The molecule has 1 atom stereocenters. The number of rotatable bonds is 6. The van der Waals surface area contributed by atoms with Gasteiger partial charge in [0.1, 0.15) is 5.75 Å². The second kappa shape index (κ2) is 8.91. The third kappa shape index (κ3) is 3.75. The maximum absolute atomic E-state index is 12.7. The van der Waals surface area contributed by atoms with E-state index in [1.165, 1.54) is 23.5 Å². The summed E-state index contributed by atoms with van der Waals surface area (Å²) in [5, 5.41) is 6.66. The summed E-state index contributed by atoms with van der Waals surface area (Å²) in [6.45, 7) is 5.47. The Labute approximate surface area is 195 Å². The summed E-state index contributed by atoms with van der Waals surface area (Å²) in [5.74, 6) is 0.124. The summed E-state index contributed by atoms with van der Waals surface area (Å²) in [6, 6.07) is 17.2. The number of Topliss-reactive ketones (excluding diaryl/α,β-unsaturated/α-hetero) is 1. The van der Waals surface area contributed by atoms with Gasteiger partial charge in [-0.1, -0.05) is 36.0 Å². The normalized spacial score (nSPS) is 20.1. The van der Waals surface area contributed by atoms with Crippen LogP contribution in [-0.4, -0.2) is 34.8 Å². The van der Waals surface area contributed by atoms with E-state index < -0.39 is 10.3 Å². The lowest BCUT2D eigenvalue weighted by Gasteiger charge is -2.41. The molecule has 2 aliphatic rings. The van der Waals surface area contributed by atoms with Crippen molar-refractivity contribution in [2.45, 2.75) is 25.1 Å². The van der Waals surface area contributed by atoms with Gasteiger partial charge in [-0.05, 0) is 56.8 Å². The van der Waals surface area contributed by atoms with Gasteiger partial charge in [0.25, 0.3) is 0 Å². The number of carbonyl (C=O) groups is 2. The lowest BCUT2D eigenvalue weighted by molar-refractivity contribution is -0.134. The average Bonchev–Trinajstić information content (AvgIpc) is 3.32. The molecule has 7 nitrogen and oxygen atoms in total. The zero-order valence-corrected chi connectivity index (χ0v) is 19.8. The van der Waals surface area contributed by atoms with E-state index in [0.29, 0.717) is 10.7 Å². The van der Waals surface area contributed by atoms with E-state index in [1.807, 2.05) is 66.4 Å². The van der Waals surface area contributed by atoms with Crippen molar-refractivity contribution >= 4 is 51.7 Å². The zero-order chi connectivity index (χ0) is 22.9. The minimum atomic E-state index is -0.957. The molecule has 0 amide bonds. The molecule has 0 aromatic heterocycles. The number of hydrazone groups is 1. The molecule has 0 unspecified atom stereocenters. The number of allylic oxidation sites excluding steroid dienone is 2. The highest BCUT2D eigenvalue weighted by Gasteiger charge is 2.57. The number of methoxy groups -OCH3 is 1. The van der Waals surface area contributed by atoms with Crippen molar-refractivity contribution in [3.63, 3.8) is 0 Å². The minimum Gasteiger partial charge on any atom is -0.497 e. The molecule has 2 aromatic carbocycles. The van der Waals surface area contributed by atoms with Crippen LogP contribution in [0.5, 0.6) is 5.75 Å². The molecule has 0 saturated heterocycles. The van der Waals surface area contributed by atoms with Crippen molar-refractivity contribution in [3.05, 3.63) is 65.2 Å². The van der Waals surface area contributed by atoms with Crippen molar-refractivity contribution in [2.75, 3.05) is 23.6 Å². The van der Waals surface area contributed by atoms with Gasteiger partial charge in [-0.25, -0.2) is 9.80 Å². The molecule has 1 spiro atoms. The topological polar surface area (TPSA) is 71.4 Å². The van der Waals surface area contributed by atoms with E-state index in [9.17, 15) is 9.59 Å². The Bertz CT molecular complexity index is 1120. The Balaban J connectivity index is 1.90. The largest absolute Gasteiger partial charge is 0.497 e. The van der Waals surface area contributed by atoms with Gasteiger partial charge < -0.3 is 14.4 Å². The van der Waals surface area contributed by atoms with Crippen molar-refractivity contribution in [3.8, 4) is 5.75 Å². The monoisotopic (exact) mass is 469 g/mol. The summed E-state index contributed by atoms with van der Waals surface area (Å²) < 4.78 is 9.70. The molecule has 0 saturated carbocycles. The highest BCUT2D eigenvalue weighted by Crippen LogP contribution is 2.60. The molecule has 0 aliphatic carbocycles. The van der Waals surface area contributed by atoms with Gasteiger partial charge in [0.05, 0.1) is 24.3 Å². The van der Waals surface area contributed by atoms with Crippen LogP contribution >= 0.6 is 23.5 Å². The van der Waals surface area contributed by atoms with E-state index in [0.717, 1.165) is 17.1 Å². The van der Waals surface area contributed by atoms with Gasteiger partial charge in [0.2, 0.25) is 9.37 Å². The number of nitrogens with zero attached hydrogens (tertiary/aromatic N) is 3. The Kier molecular flexibility index (Phi) is 6.21. The van der Waals surface area contributed by atoms with Gasteiger partial charge in [-0.2, -0.15) is 5.10 Å². The standard InChI is InChI=1S/C23H23N3O4S2/c1-5-30-22(28)21-24-26(18-12-9-13-19(14-18)29-4)23(32-21)25(17-10-7-6-8-11-17)15(2)20(31-23)16(3)27/h6-14H,5H2,1-4H3/t23-/m0/s1. The summed E-state index contributed by atoms with van der Waals surface area (Å²) in [6.07, 6.45) is 0. The Morgan fingerprint density at radius 2 is 1.78 bits per heavy atom. The number of carbonyl (C=O) groups excluding carboxylic acids is 2. The van der Waals surface area contributed by atoms with Crippen LogP contribution in [0.2, 0.25) is 0 Å². The maximum atomic E-state index is 12.7. The molecular weight excluding hydrogens is 446 g/mol. The van der Waals surface area contributed by atoms with Gasteiger partial charge in [0.15, 0.2) is 5.78 Å². The van der Waals surface area contributed by atoms with Crippen LogP contribution in [0, 0.1) is 0 Å². The highest BCUT2D eigenvalue weighted by atomic mass is 32.2. The Morgan fingerprint density at radius 3 is 2.44 bits per heavy atom. The summed E-state index contributed by atoms with van der Waals surface area (Å²) in [7, 11) is 1.60. The first-order valence-electron chi connectivity index (χ1n) is 10.1. The molecule has 2 heterocycles. The third-order valence-electron chi connectivity index (χ3n) is 4.95. The fourth-order valence-corrected chi connectivity index (χ4v) is 6.56. The van der Waals surface area contributed by atoms with Gasteiger partial charge in [-0.3, -0.25) is 4.79 Å². The number of benzene rings is 2. The quantitative estimate of drug-likeness (QED) is 0.558. The number of hydrogen-bond donors (Lipinski definition) is 0. The molecule has 166 valence electrons. The first-order valence-corrected chi connectivity index (χ1v) is 11.7. The summed E-state index contributed by atoms with van der Waals surface area (Å²) in [4.78, 5) is 27.9. The van der Waals surface area contributed by atoms with E-state index in [-0.39, 0.29) is 17.4 Å². The van der Waals surface area contributed by atoms with Gasteiger partial charge >= 0.3 is 5.97 Å². The van der Waals surface area contributed by atoms with Gasteiger partial charge in [0, 0.05) is 17.5 Å². The molecule has 0 bridgehead atoms. The molecule has 0 N–H and O–H groups in total. The van der Waals surface area contributed by atoms with Crippen LogP contribution in [0.25, 0.3) is 0 Å². The SMILES string of the molecule is CCOC(=O)C1=NN(c2cccc(OC)c2)[C@]2(S1)SC(C(C)=O)=C(C)N2c1ccccc1. The molecule has 4 rings (SSSR count). The molecule has 32 heavy (non-hydrogen) atoms. The van der Waals surface area contributed by atoms with Gasteiger partial charge in [-0.15, -0.1) is 0 Å². The number of ether oxygens (including phenoxy) is 2. The molecule has 0 fully saturated rings. The maximum Gasteiger partial charge on any atom is 0.365 e. The summed E-state index contributed by atoms with van der Waals surface area (Å²) in [5.41, 5.74) is 2.41. The number of esters is 1. The highest BCUT2D eigenvalue weighted by molar-refractivity contribution is 8.29. The van der Waals surface area contributed by atoms with Crippen LogP contribution in [0.1, 0.15) is 20.8 Å². The van der Waals surface area contributed by atoms with Crippen LogP contribution in [0.4, 0.5) is 11.4 Å². The Morgan fingerprint density at radius 1 is 1.06 bits per heavy atom. The smallest absolute Gasteiger partial charge is 0.365 e. The van der Waals surface area contributed by atoms with E-state index in [4.69, 9.17) is 9.47 Å². The Hall–Kier alpha value is -2.91. The average molecular weight is 470 g/mol. The van der Waals surface area contributed by atoms with Crippen LogP contribution in [0.15, 0.2) is 70.3 Å². The number of thioether (sulfide) groups is 2. The van der Waals surface area contributed by atoms with E-state index in [1.54, 1.807) is 26.0 Å². The molecular formula is C23H23N3O4S2. The molecule has 9 heteroatoms. The fraction of sp³-hybridized carbons (Fsp3) is 0.261. The summed E-state index contributed by atoms with van der Waals surface area (Å²) >= 11 is 2.65. The first-order chi connectivity index (χ1) is 15.4. The number of para-hydroxylation sites is 1. The van der Waals surface area contributed by atoms with Crippen LogP contribution < -0.4 is 14.6 Å².